The maximum Gasteiger partial charge on any atom is 0.123 e. The van der Waals surface area contributed by atoms with Gasteiger partial charge in [-0.1, -0.05) is 17.2 Å². The molecule has 0 spiro atoms. The molecule has 0 bridgehead atoms. The van der Waals surface area contributed by atoms with E-state index >= 15 is 0 Å². The number of rotatable bonds is 5. The lowest BCUT2D eigenvalue weighted by molar-refractivity contribution is 0.169. The van der Waals surface area contributed by atoms with Crippen LogP contribution in [0.3, 0.4) is 0 Å². The summed E-state index contributed by atoms with van der Waals surface area (Å²) in [7, 11) is 1.71. The maximum atomic E-state index is 6.18. The predicted octanol–water partition coefficient (Wildman–Crippen LogP) is 4.10. The van der Waals surface area contributed by atoms with Crippen LogP contribution >= 0.6 is 36.4 Å². The highest BCUT2D eigenvalue weighted by Crippen LogP contribution is 2.35. The normalized spacial score (nSPS) is 16.1. The highest BCUT2D eigenvalue weighted by Gasteiger charge is 2.25. The van der Waals surface area contributed by atoms with Crippen LogP contribution in [0.15, 0.2) is 30.4 Å². The van der Waals surface area contributed by atoms with Gasteiger partial charge in [0.15, 0.2) is 0 Å². The highest BCUT2D eigenvalue weighted by molar-refractivity contribution is 6.30. The molecular weight excluding hydrogens is 343 g/mol. The molecule has 0 aliphatic carbocycles. The van der Waals surface area contributed by atoms with Crippen molar-refractivity contribution >= 4 is 36.4 Å². The average molecular weight is 368 g/mol. The van der Waals surface area contributed by atoms with E-state index in [-0.39, 0.29) is 30.9 Å². The Morgan fingerprint density at radius 3 is 2.55 bits per heavy atom. The van der Waals surface area contributed by atoms with Crippen molar-refractivity contribution in [2.75, 3.05) is 33.3 Å². The molecule has 0 unspecified atom stereocenters. The van der Waals surface area contributed by atoms with Gasteiger partial charge >= 0.3 is 0 Å². The van der Waals surface area contributed by atoms with E-state index in [9.17, 15) is 0 Å². The molecule has 1 aromatic rings. The summed E-state index contributed by atoms with van der Waals surface area (Å²) in [5.74, 6) is 0.902. The van der Waals surface area contributed by atoms with Crippen LogP contribution in [-0.2, 0) is 0 Å². The lowest BCUT2D eigenvalue weighted by Gasteiger charge is -2.36. The first-order chi connectivity index (χ1) is 9.61. The summed E-state index contributed by atoms with van der Waals surface area (Å²) in [6.45, 7) is 10.3. The minimum atomic E-state index is 0. The summed E-state index contributed by atoms with van der Waals surface area (Å²) < 4.78 is 5.52. The van der Waals surface area contributed by atoms with Gasteiger partial charge in [0, 0.05) is 42.8 Å². The molecule has 1 atom stereocenters. The summed E-state index contributed by atoms with van der Waals surface area (Å²) in [5.41, 5.74) is 2.33. The number of piperazine rings is 1. The molecule has 1 fully saturated rings. The Balaban J connectivity index is 0.00000220. The summed E-state index contributed by atoms with van der Waals surface area (Å²) in [6, 6.07) is 6.13. The second-order valence-corrected chi connectivity index (χ2v) is 5.79. The second-order valence-electron chi connectivity index (χ2n) is 5.35. The van der Waals surface area contributed by atoms with Gasteiger partial charge in [0.25, 0.3) is 0 Å². The van der Waals surface area contributed by atoms with Crippen LogP contribution in [-0.4, -0.2) is 38.2 Å². The Morgan fingerprint density at radius 2 is 2.00 bits per heavy atom. The summed E-state index contributed by atoms with van der Waals surface area (Å²) in [5, 5.41) is 4.15. The van der Waals surface area contributed by atoms with Crippen molar-refractivity contribution in [2.24, 2.45) is 0 Å². The van der Waals surface area contributed by atoms with Gasteiger partial charge < -0.3 is 10.1 Å². The van der Waals surface area contributed by atoms with Crippen LogP contribution in [0.2, 0.25) is 5.02 Å². The number of nitrogens with one attached hydrogen (secondary N) is 1. The lowest BCUT2D eigenvalue weighted by atomic mass is 9.97. The minimum absolute atomic E-state index is 0. The van der Waals surface area contributed by atoms with Crippen molar-refractivity contribution in [3.63, 3.8) is 0 Å². The molecule has 1 saturated heterocycles. The fourth-order valence-electron chi connectivity index (χ4n) is 2.73. The SMILES string of the molecule is C=C(C)C[C@H](c1cc(Cl)ccc1OC)N1CCNCC1.Cl.Cl. The standard InChI is InChI=1S/C16H23ClN2O.2ClH/c1-12(2)10-15(19-8-6-18-7-9-19)14-11-13(17)4-5-16(14)20-3;;/h4-5,11,15,18H,1,6-10H2,2-3H3;2*1H/t15-;;/m1../s1. The van der Waals surface area contributed by atoms with Gasteiger partial charge in [0.2, 0.25) is 0 Å². The Bertz CT molecular complexity index is 476. The summed E-state index contributed by atoms with van der Waals surface area (Å²) in [6.07, 6.45) is 0.927. The van der Waals surface area contributed by atoms with E-state index in [4.69, 9.17) is 16.3 Å². The molecule has 3 nitrogen and oxygen atoms in total. The van der Waals surface area contributed by atoms with Crippen LogP contribution in [0.4, 0.5) is 0 Å². The Morgan fingerprint density at radius 1 is 1.36 bits per heavy atom. The number of halogens is 3. The number of benzene rings is 1. The molecule has 1 aliphatic heterocycles. The molecule has 6 heteroatoms. The number of ether oxygens (including phenoxy) is 1. The number of methoxy groups -OCH3 is 1. The zero-order chi connectivity index (χ0) is 14.5. The fourth-order valence-corrected chi connectivity index (χ4v) is 2.91. The predicted molar refractivity (Wildman–Crippen MR) is 99.1 cm³/mol. The third kappa shape index (κ3) is 5.64. The molecule has 22 heavy (non-hydrogen) atoms. The van der Waals surface area contributed by atoms with Crippen LogP contribution in [0, 0.1) is 0 Å². The van der Waals surface area contributed by atoms with Crippen molar-refractivity contribution in [3.8, 4) is 5.75 Å². The molecule has 1 heterocycles. The lowest BCUT2D eigenvalue weighted by Crippen LogP contribution is -2.45. The third-order valence-electron chi connectivity index (χ3n) is 3.68. The van der Waals surface area contributed by atoms with Crippen LogP contribution in [0.1, 0.15) is 24.9 Å². The molecular formula is C16H25Cl3N2O. The fraction of sp³-hybridized carbons (Fsp3) is 0.500. The van der Waals surface area contributed by atoms with Crippen LogP contribution in [0.25, 0.3) is 0 Å². The van der Waals surface area contributed by atoms with Crippen molar-refractivity contribution < 1.29 is 4.74 Å². The maximum absolute atomic E-state index is 6.18. The van der Waals surface area contributed by atoms with E-state index in [1.165, 1.54) is 5.57 Å². The van der Waals surface area contributed by atoms with Crippen LogP contribution in [0.5, 0.6) is 5.75 Å². The quantitative estimate of drug-likeness (QED) is 0.793. The third-order valence-corrected chi connectivity index (χ3v) is 3.92. The molecule has 126 valence electrons. The number of nitrogens with zero attached hydrogens (tertiary/aromatic N) is 1. The van der Waals surface area contributed by atoms with E-state index in [1.807, 2.05) is 18.2 Å². The highest BCUT2D eigenvalue weighted by atomic mass is 35.5. The zero-order valence-electron chi connectivity index (χ0n) is 13.1. The Labute approximate surface area is 150 Å². The molecule has 1 N–H and O–H groups in total. The summed E-state index contributed by atoms with van der Waals surface area (Å²) >= 11 is 6.18. The van der Waals surface area contributed by atoms with Crippen molar-refractivity contribution in [2.45, 2.75) is 19.4 Å². The van der Waals surface area contributed by atoms with Gasteiger partial charge in [0.1, 0.15) is 5.75 Å². The molecule has 1 aliphatic rings. The monoisotopic (exact) mass is 366 g/mol. The first kappa shape index (κ1) is 21.6. The van der Waals surface area contributed by atoms with Crippen molar-refractivity contribution in [1.29, 1.82) is 0 Å². The summed E-state index contributed by atoms with van der Waals surface area (Å²) in [4.78, 5) is 2.49. The van der Waals surface area contributed by atoms with E-state index in [2.05, 4.69) is 23.7 Å². The first-order valence-corrected chi connectivity index (χ1v) is 7.42. The topological polar surface area (TPSA) is 24.5 Å². The van der Waals surface area contributed by atoms with Crippen LogP contribution < -0.4 is 10.1 Å². The second kappa shape index (κ2) is 10.3. The first-order valence-electron chi connectivity index (χ1n) is 7.04. The molecule has 0 radical (unpaired) electrons. The van der Waals surface area contributed by atoms with Gasteiger partial charge in [-0.3, -0.25) is 4.90 Å². The number of hydrogen-bond donors (Lipinski definition) is 1. The van der Waals surface area contributed by atoms with E-state index < -0.39 is 0 Å². The largest absolute Gasteiger partial charge is 0.496 e. The smallest absolute Gasteiger partial charge is 0.123 e. The van der Waals surface area contributed by atoms with E-state index in [0.29, 0.717) is 0 Å². The van der Waals surface area contributed by atoms with Gasteiger partial charge in [0.05, 0.1) is 7.11 Å². The van der Waals surface area contributed by atoms with E-state index in [0.717, 1.165) is 48.9 Å². The van der Waals surface area contributed by atoms with Gasteiger partial charge in [-0.15, -0.1) is 31.4 Å². The molecule has 1 aromatic carbocycles. The Hall–Kier alpha value is -0.450. The van der Waals surface area contributed by atoms with Crippen molar-refractivity contribution in [1.82, 2.24) is 10.2 Å². The minimum Gasteiger partial charge on any atom is -0.496 e. The van der Waals surface area contributed by atoms with Gasteiger partial charge in [-0.2, -0.15) is 0 Å². The van der Waals surface area contributed by atoms with Gasteiger partial charge in [-0.25, -0.2) is 0 Å². The molecule has 0 aromatic heterocycles. The van der Waals surface area contributed by atoms with E-state index in [1.54, 1.807) is 7.11 Å². The van der Waals surface area contributed by atoms with Gasteiger partial charge in [-0.05, 0) is 31.5 Å². The zero-order valence-corrected chi connectivity index (χ0v) is 15.5. The van der Waals surface area contributed by atoms with Crippen molar-refractivity contribution in [3.05, 3.63) is 40.9 Å². The number of hydrogen-bond acceptors (Lipinski definition) is 3. The average Bonchev–Trinajstić information content (AvgIpc) is 2.45. The molecule has 2 rings (SSSR count). The molecule has 0 saturated carbocycles. The Kier molecular flexibility index (Phi) is 10.1. The molecule has 0 amide bonds.